The van der Waals surface area contributed by atoms with Gasteiger partial charge in [-0.15, -0.1) is 0 Å². The number of nitrogens with zero attached hydrogens (tertiary/aromatic N) is 5. The molecule has 3 rings (SSSR count). The van der Waals surface area contributed by atoms with Crippen LogP contribution in [0.2, 0.25) is 0 Å². The molecule has 0 aliphatic carbocycles. The average molecular weight is 381 g/mol. The van der Waals surface area contributed by atoms with Gasteiger partial charge in [0, 0.05) is 31.7 Å². The zero-order valence-corrected chi connectivity index (χ0v) is 16.4. The Balaban J connectivity index is 2.16. The molecule has 1 aliphatic rings. The van der Waals surface area contributed by atoms with E-state index in [9.17, 15) is 14.7 Å². The molecule has 1 saturated heterocycles. The van der Waals surface area contributed by atoms with Crippen LogP contribution in [0.1, 0.15) is 28.7 Å². The van der Waals surface area contributed by atoms with E-state index in [1.165, 1.54) is 11.1 Å². The first-order chi connectivity index (χ1) is 13.3. The lowest BCUT2D eigenvalue weighted by Crippen LogP contribution is -2.35. The Morgan fingerprint density at radius 1 is 1.21 bits per heavy atom. The Hall–Kier alpha value is -3.13. The van der Waals surface area contributed by atoms with Crippen LogP contribution < -0.4 is 0 Å². The number of pyridine rings is 1. The maximum Gasteiger partial charge on any atom is 0.295 e. The Morgan fingerprint density at radius 3 is 2.50 bits per heavy atom. The normalized spacial score (nSPS) is 18.9. The van der Waals surface area contributed by atoms with Crippen LogP contribution >= 0.6 is 0 Å². The van der Waals surface area contributed by atoms with E-state index in [1.54, 1.807) is 38.4 Å². The van der Waals surface area contributed by atoms with Crippen molar-refractivity contribution < 1.29 is 14.7 Å². The van der Waals surface area contributed by atoms with E-state index in [2.05, 4.69) is 15.0 Å². The van der Waals surface area contributed by atoms with Gasteiger partial charge in [-0.1, -0.05) is 0 Å². The summed E-state index contributed by atoms with van der Waals surface area (Å²) in [6.45, 7) is 4.41. The summed E-state index contributed by atoms with van der Waals surface area (Å²) in [6, 6.07) is 2.79. The summed E-state index contributed by atoms with van der Waals surface area (Å²) in [5.74, 6) is -1.04. The van der Waals surface area contributed by atoms with E-state index >= 15 is 0 Å². The molecule has 1 aliphatic heterocycles. The zero-order chi connectivity index (χ0) is 20.4. The highest BCUT2D eigenvalue weighted by atomic mass is 16.3. The third-order valence-electron chi connectivity index (χ3n) is 4.70. The summed E-state index contributed by atoms with van der Waals surface area (Å²) in [5, 5.41) is 11.0. The number of likely N-dealkylation sites (tertiary alicyclic amines) is 1. The number of carbonyl (C=O) groups is 2. The van der Waals surface area contributed by atoms with Gasteiger partial charge >= 0.3 is 0 Å². The molecular formula is C20H23N5O3. The van der Waals surface area contributed by atoms with E-state index in [0.29, 0.717) is 35.7 Å². The minimum Gasteiger partial charge on any atom is -0.507 e. The first-order valence-electron chi connectivity index (χ1n) is 8.95. The predicted octanol–water partition coefficient (Wildman–Crippen LogP) is 1.47. The number of carbonyl (C=O) groups excluding carboxylic acids is 2. The van der Waals surface area contributed by atoms with Crippen molar-refractivity contribution in [3.63, 3.8) is 0 Å². The summed E-state index contributed by atoms with van der Waals surface area (Å²) in [5.41, 5.74) is 1.64. The van der Waals surface area contributed by atoms with Gasteiger partial charge in [-0.2, -0.15) is 0 Å². The Labute approximate surface area is 163 Å². The molecule has 1 fully saturated rings. The van der Waals surface area contributed by atoms with Gasteiger partial charge in [0.25, 0.3) is 11.7 Å². The number of ketones is 1. The number of hydrogen-bond donors (Lipinski definition) is 1. The highest BCUT2D eigenvalue weighted by Crippen LogP contribution is 2.39. The highest BCUT2D eigenvalue weighted by molar-refractivity contribution is 6.46. The van der Waals surface area contributed by atoms with E-state index in [4.69, 9.17) is 0 Å². The molecule has 146 valence electrons. The molecule has 1 atom stereocenters. The van der Waals surface area contributed by atoms with Crippen LogP contribution in [0.4, 0.5) is 0 Å². The lowest BCUT2D eigenvalue weighted by Gasteiger charge is -2.26. The minimum absolute atomic E-state index is 0.0468. The molecule has 8 heteroatoms. The van der Waals surface area contributed by atoms with Crippen LogP contribution in [0.25, 0.3) is 5.76 Å². The highest BCUT2D eigenvalue weighted by Gasteiger charge is 2.46. The smallest absolute Gasteiger partial charge is 0.295 e. The van der Waals surface area contributed by atoms with Crippen molar-refractivity contribution in [1.82, 2.24) is 24.8 Å². The number of aliphatic hydroxyl groups excluding tert-OH is 1. The Morgan fingerprint density at radius 2 is 1.89 bits per heavy atom. The number of aromatic nitrogens is 3. The average Bonchev–Trinajstić information content (AvgIpc) is 2.91. The monoisotopic (exact) mass is 381 g/mol. The summed E-state index contributed by atoms with van der Waals surface area (Å²) < 4.78 is 0. The number of Topliss-reactive ketones (excluding diaryl/α,β-unsaturated/α-hetero) is 1. The Kier molecular flexibility index (Phi) is 5.51. The second-order valence-corrected chi connectivity index (χ2v) is 6.99. The van der Waals surface area contributed by atoms with E-state index in [-0.39, 0.29) is 11.3 Å². The van der Waals surface area contributed by atoms with Crippen molar-refractivity contribution in [1.29, 1.82) is 0 Å². The van der Waals surface area contributed by atoms with Crippen molar-refractivity contribution in [3.05, 3.63) is 58.9 Å². The molecule has 2 aromatic rings. The van der Waals surface area contributed by atoms with Gasteiger partial charge in [0.2, 0.25) is 0 Å². The van der Waals surface area contributed by atoms with Crippen molar-refractivity contribution >= 4 is 17.4 Å². The van der Waals surface area contributed by atoms with Crippen molar-refractivity contribution in [2.75, 3.05) is 27.2 Å². The minimum atomic E-state index is -0.710. The van der Waals surface area contributed by atoms with Gasteiger partial charge in [0.1, 0.15) is 11.6 Å². The molecule has 3 heterocycles. The van der Waals surface area contributed by atoms with E-state index in [1.807, 2.05) is 19.0 Å². The second-order valence-electron chi connectivity index (χ2n) is 6.99. The van der Waals surface area contributed by atoms with E-state index < -0.39 is 17.7 Å². The SMILES string of the molecule is Cc1ncc(/C(O)=C2\C(=O)C(=O)N(CCN(C)C)[C@@H]2c2ccncc2)c(C)n1. The molecule has 0 saturated carbocycles. The molecule has 0 unspecified atom stereocenters. The Bertz CT molecular complexity index is 940. The third kappa shape index (κ3) is 3.63. The van der Waals surface area contributed by atoms with Gasteiger partial charge in [0.05, 0.1) is 22.9 Å². The maximum absolute atomic E-state index is 12.9. The summed E-state index contributed by atoms with van der Waals surface area (Å²) >= 11 is 0. The molecule has 28 heavy (non-hydrogen) atoms. The molecule has 2 aromatic heterocycles. The molecule has 0 spiro atoms. The third-order valence-corrected chi connectivity index (χ3v) is 4.70. The van der Waals surface area contributed by atoms with E-state index in [0.717, 1.165) is 0 Å². The van der Waals surface area contributed by atoms with Crippen LogP contribution in [0.15, 0.2) is 36.3 Å². The van der Waals surface area contributed by atoms with Gasteiger partial charge < -0.3 is 14.9 Å². The lowest BCUT2D eigenvalue weighted by molar-refractivity contribution is -0.140. The first kappa shape index (κ1) is 19.6. The van der Waals surface area contributed by atoms with Crippen LogP contribution in [0.3, 0.4) is 0 Å². The number of likely N-dealkylation sites (N-methyl/N-ethyl adjacent to an activating group) is 1. The number of aliphatic hydroxyl groups is 1. The summed E-state index contributed by atoms with van der Waals surface area (Å²) in [6.07, 6.45) is 4.67. The summed E-state index contributed by atoms with van der Waals surface area (Å²) in [4.78, 5) is 41.4. The van der Waals surface area contributed by atoms with Crippen LogP contribution in [-0.2, 0) is 9.59 Å². The maximum atomic E-state index is 12.9. The fraction of sp³-hybridized carbons (Fsp3) is 0.350. The fourth-order valence-electron chi connectivity index (χ4n) is 3.27. The lowest BCUT2D eigenvalue weighted by atomic mass is 9.96. The molecular weight excluding hydrogens is 358 g/mol. The number of amides is 1. The number of aryl methyl sites for hydroxylation is 2. The summed E-state index contributed by atoms with van der Waals surface area (Å²) in [7, 11) is 3.79. The van der Waals surface area contributed by atoms with Crippen LogP contribution in [-0.4, -0.2) is 68.7 Å². The zero-order valence-electron chi connectivity index (χ0n) is 16.4. The van der Waals surface area contributed by atoms with Crippen LogP contribution in [0.5, 0.6) is 0 Å². The molecule has 0 bridgehead atoms. The van der Waals surface area contributed by atoms with Gasteiger partial charge in [0.15, 0.2) is 0 Å². The molecule has 0 aromatic carbocycles. The molecule has 1 N–H and O–H groups in total. The predicted molar refractivity (Wildman–Crippen MR) is 103 cm³/mol. The quantitative estimate of drug-likeness (QED) is 0.476. The first-order valence-corrected chi connectivity index (χ1v) is 8.95. The molecule has 0 radical (unpaired) electrons. The topological polar surface area (TPSA) is 99.5 Å². The molecule has 1 amide bonds. The van der Waals surface area contributed by atoms with Gasteiger partial charge in [-0.25, -0.2) is 9.97 Å². The molecule has 8 nitrogen and oxygen atoms in total. The van der Waals surface area contributed by atoms with Crippen molar-refractivity contribution in [3.8, 4) is 0 Å². The van der Waals surface area contributed by atoms with Gasteiger partial charge in [-0.3, -0.25) is 14.6 Å². The standard InChI is InChI=1S/C20H23N5O3/c1-12-15(11-22-13(2)23-12)18(26)16-17(14-5-7-21-8-6-14)25(10-9-24(3)4)20(28)19(16)27/h5-8,11,17,26H,9-10H2,1-4H3/b18-16+/t17-/m1/s1. The van der Waals surface area contributed by atoms with Crippen molar-refractivity contribution in [2.45, 2.75) is 19.9 Å². The number of hydrogen-bond acceptors (Lipinski definition) is 7. The van der Waals surface area contributed by atoms with Crippen molar-refractivity contribution in [2.24, 2.45) is 0 Å². The largest absolute Gasteiger partial charge is 0.507 e. The fourth-order valence-corrected chi connectivity index (χ4v) is 3.27. The van der Waals surface area contributed by atoms with Crippen LogP contribution in [0, 0.1) is 13.8 Å². The van der Waals surface area contributed by atoms with Gasteiger partial charge in [-0.05, 0) is 45.6 Å². The second kappa shape index (κ2) is 7.85. The number of rotatable bonds is 5.